The lowest BCUT2D eigenvalue weighted by molar-refractivity contribution is 0.0662. The number of nitrogens with two attached hydrogens (primary N) is 1. The maximum Gasteiger partial charge on any atom is 0.202 e. The molecule has 5 heterocycles. The van der Waals surface area contributed by atoms with Crippen molar-refractivity contribution in [2.75, 3.05) is 45.2 Å². The van der Waals surface area contributed by atoms with Gasteiger partial charge in [0.1, 0.15) is 11.5 Å². The zero-order valence-corrected chi connectivity index (χ0v) is 22.0. The van der Waals surface area contributed by atoms with Gasteiger partial charge in [-0.25, -0.2) is 9.37 Å². The summed E-state index contributed by atoms with van der Waals surface area (Å²) >= 11 is 0. The fraction of sp³-hybridized carbons (Fsp3) is 0.444. The van der Waals surface area contributed by atoms with Crippen molar-refractivity contribution in [3.05, 3.63) is 48.4 Å². The Bertz CT molecular complexity index is 1460. The summed E-state index contributed by atoms with van der Waals surface area (Å²) in [5, 5.41) is 16.2. The normalized spacial score (nSPS) is 16.6. The lowest BCUT2D eigenvalue weighted by atomic mass is 10.1. The number of tetrazole rings is 1. The maximum atomic E-state index is 15.3. The quantitative estimate of drug-likeness (QED) is 0.311. The first-order valence-electron chi connectivity index (χ1n) is 13.6. The molecule has 0 atom stereocenters. The average Bonchev–Trinajstić information content (AvgIpc) is 3.77. The molecule has 3 aromatic heterocycles. The molecular formula is C27H31F2N9O2. The number of hydrogen-bond acceptors (Lipinski definition) is 9. The summed E-state index contributed by atoms with van der Waals surface area (Å²) in [7, 11) is 0. The number of hydrogen-bond donors (Lipinski definition) is 1. The van der Waals surface area contributed by atoms with Crippen molar-refractivity contribution in [1.29, 1.82) is 0 Å². The molecule has 0 saturated carbocycles. The van der Waals surface area contributed by atoms with Crippen LogP contribution in [0.25, 0.3) is 28.2 Å². The molecule has 2 fully saturated rings. The Balaban J connectivity index is 1.22. The van der Waals surface area contributed by atoms with Crippen LogP contribution in [0.3, 0.4) is 0 Å². The lowest BCUT2D eigenvalue weighted by Crippen LogP contribution is -2.22. The van der Waals surface area contributed by atoms with Crippen LogP contribution in [0.2, 0.25) is 0 Å². The molecule has 6 rings (SSSR count). The Kier molecular flexibility index (Phi) is 7.64. The van der Waals surface area contributed by atoms with Gasteiger partial charge < -0.3 is 20.1 Å². The second-order valence-electron chi connectivity index (χ2n) is 10.1. The first kappa shape index (κ1) is 26.3. The minimum Gasteiger partial charge on any atom is -0.490 e. The van der Waals surface area contributed by atoms with Crippen LogP contribution in [0.1, 0.15) is 38.1 Å². The van der Waals surface area contributed by atoms with E-state index in [0.717, 1.165) is 54.7 Å². The number of pyridine rings is 1. The summed E-state index contributed by atoms with van der Waals surface area (Å²) in [6.45, 7) is 4.74. The number of likely N-dealkylation sites (tertiary alicyclic amines) is 1. The van der Waals surface area contributed by atoms with Crippen molar-refractivity contribution < 1.29 is 18.3 Å². The zero-order valence-electron chi connectivity index (χ0n) is 22.0. The van der Waals surface area contributed by atoms with Gasteiger partial charge in [0.2, 0.25) is 5.82 Å². The SMILES string of the molecule is Nc1ncc(-c2cnn(C3CCOCC3)c2)cc1-c1nnnn1-c1ccc(OCCCN2CCCC2)c(F)c1F. The van der Waals surface area contributed by atoms with Gasteiger partial charge in [-0.1, -0.05) is 0 Å². The molecule has 13 heteroatoms. The molecule has 210 valence electrons. The summed E-state index contributed by atoms with van der Waals surface area (Å²) in [4.78, 5) is 6.66. The Morgan fingerprint density at radius 2 is 1.88 bits per heavy atom. The highest BCUT2D eigenvalue weighted by molar-refractivity contribution is 5.76. The molecule has 2 N–H and O–H groups in total. The van der Waals surface area contributed by atoms with Crippen molar-refractivity contribution in [1.82, 2.24) is 39.9 Å². The van der Waals surface area contributed by atoms with Gasteiger partial charge in [0, 0.05) is 43.3 Å². The highest BCUT2D eigenvalue weighted by Gasteiger charge is 2.23. The second-order valence-corrected chi connectivity index (χ2v) is 10.1. The van der Waals surface area contributed by atoms with Crippen LogP contribution >= 0.6 is 0 Å². The average molecular weight is 552 g/mol. The molecule has 0 amide bonds. The number of ether oxygens (including phenoxy) is 2. The van der Waals surface area contributed by atoms with E-state index in [1.165, 1.54) is 25.0 Å². The van der Waals surface area contributed by atoms with Crippen molar-refractivity contribution >= 4 is 5.82 Å². The van der Waals surface area contributed by atoms with Gasteiger partial charge in [-0.05, 0) is 73.8 Å². The smallest absolute Gasteiger partial charge is 0.202 e. The highest BCUT2D eigenvalue weighted by Crippen LogP contribution is 2.32. The molecule has 0 aliphatic carbocycles. The van der Waals surface area contributed by atoms with Crippen molar-refractivity contribution in [2.24, 2.45) is 0 Å². The van der Waals surface area contributed by atoms with E-state index in [2.05, 4.69) is 30.5 Å². The van der Waals surface area contributed by atoms with Crippen LogP contribution in [0.4, 0.5) is 14.6 Å². The molecule has 1 aromatic carbocycles. The van der Waals surface area contributed by atoms with Crippen molar-refractivity contribution in [2.45, 2.75) is 38.1 Å². The maximum absolute atomic E-state index is 15.3. The summed E-state index contributed by atoms with van der Waals surface area (Å²) in [6, 6.07) is 4.81. The molecule has 0 bridgehead atoms. The number of rotatable bonds is 9. The van der Waals surface area contributed by atoms with Gasteiger partial charge >= 0.3 is 0 Å². The van der Waals surface area contributed by atoms with Gasteiger partial charge in [-0.2, -0.15) is 14.2 Å². The lowest BCUT2D eigenvalue weighted by Gasteiger charge is -2.22. The largest absolute Gasteiger partial charge is 0.490 e. The Morgan fingerprint density at radius 3 is 2.70 bits per heavy atom. The zero-order chi connectivity index (χ0) is 27.5. The predicted octanol–water partition coefficient (Wildman–Crippen LogP) is 3.66. The van der Waals surface area contributed by atoms with Gasteiger partial charge in [0.15, 0.2) is 17.4 Å². The second kappa shape index (κ2) is 11.6. The molecular weight excluding hydrogens is 520 g/mol. The number of halogens is 2. The van der Waals surface area contributed by atoms with E-state index in [-0.39, 0.29) is 29.1 Å². The summed E-state index contributed by atoms with van der Waals surface area (Å²) in [6.07, 6.45) is 10.3. The van der Waals surface area contributed by atoms with E-state index < -0.39 is 11.6 Å². The topological polar surface area (TPSA) is 122 Å². The molecule has 11 nitrogen and oxygen atoms in total. The van der Waals surface area contributed by atoms with Gasteiger partial charge in [0.05, 0.1) is 24.4 Å². The van der Waals surface area contributed by atoms with Gasteiger partial charge in [0.25, 0.3) is 0 Å². The van der Waals surface area contributed by atoms with E-state index >= 15 is 4.39 Å². The number of benzene rings is 1. The highest BCUT2D eigenvalue weighted by atomic mass is 19.2. The Hall–Kier alpha value is -3.97. The third kappa shape index (κ3) is 5.39. The number of nitrogen functional groups attached to an aromatic ring is 1. The Morgan fingerprint density at radius 1 is 1.05 bits per heavy atom. The number of anilines is 1. The van der Waals surface area contributed by atoms with E-state index in [9.17, 15) is 4.39 Å². The molecule has 0 unspecified atom stereocenters. The summed E-state index contributed by atoms with van der Waals surface area (Å²) < 4.78 is 44.3. The molecule has 2 saturated heterocycles. The van der Waals surface area contributed by atoms with E-state index in [1.54, 1.807) is 18.5 Å². The van der Waals surface area contributed by atoms with Crippen LogP contribution in [-0.4, -0.2) is 79.3 Å². The summed E-state index contributed by atoms with van der Waals surface area (Å²) in [5.74, 6) is -2.09. The van der Waals surface area contributed by atoms with Gasteiger partial charge in [-0.15, -0.1) is 5.10 Å². The van der Waals surface area contributed by atoms with Crippen molar-refractivity contribution in [3.8, 4) is 34.0 Å². The van der Waals surface area contributed by atoms with Crippen molar-refractivity contribution in [3.63, 3.8) is 0 Å². The first-order valence-corrected chi connectivity index (χ1v) is 13.6. The fourth-order valence-electron chi connectivity index (χ4n) is 5.24. The van der Waals surface area contributed by atoms with Crippen LogP contribution in [0, 0.1) is 11.6 Å². The van der Waals surface area contributed by atoms with E-state index in [4.69, 9.17) is 15.2 Å². The monoisotopic (exact) mass is 551 g/mol. The Labute approximate surface area is 229 Å². The van der Waals surface area contributed by atoms with Crippen LogP contribution in [-0.2, 0) is 4.74 Å². The van der Waals surface area contributed by atoms with Crippen LogP contribution in [0.5, 0.6) is 5.75 Å². The molecule has 2 aliphatic heterocycles. The van der Waals surface area contributed by atoms with E-state index in [1.807, 2.05) is 10.9 Å². The summed E-state index contributed by atoms with van der Waals surface area (Å²) in [5.41, 5.74) is 7.97. The number of aromatic nitrogens is 7. The standard InChI is InChI=1S/C27H31F2N9O2/c28-24-22(4-5-23(25(24)29)40-11-3-10-36-8-1-2-9-36)38-27(33-34-35-38)21-14-18(15-31-26(21)30)19-16-32-37(17-19)20-6-12-39-13-7-20/h4-5,14-17,20H,1-3,6-13H2,(H2,30,31). The van der Waals surface area contributed by atoms with E-state index in [0.29, 0.717) is 25.4 Å². The molecule has 40 heavy (non-hydrogen) atoms. The molecule has 2 aliphatic rings. The fourth-order valence-corrected chi connectivity index (χ4v) is 5.24. The third-order valence-electron chi connectivity index (χ3n) is 7.46. The third-order valence-corrected chi connectivity index (χ3v) is 7.46. The molecule has 0 spiro atoms. The predicted molar refractivity (Wildman–Crippen MR) is 143 cm³/mol. The van der Waals surface area contributed by atoms with Gasteiger partial charge in [-0.3, -0.25) is 4.68 Å². The minimum atomic E-state index is -1.12. The minimum absolute atomic E-state index is 0.126. The van der Waals surface area contributed by atoms with Crippen LogP contribution < -0.4 is 10.5 Å². The number of nitrogens with zero attached hydrogens (tertiary/aromatic N) is 8. The van der Waals surface area contributed by atoms with Crippen LogP contribution in [0.15, 0.2) is 36.8 Å². The first-order chi connectivity index (χ1) is 19.6. The molecule has 0 radical (unpaired) electrons. The molecule has 4 aromatic rings.